The normalized spacial score (nSPS) is 11.3. The number of hydrogen-bond acceptors (Lipinski definition) is 5. The number of para-hydroxylation sites is 1. The minimum absolute atomic E-state index is 0.148. The Balaban J connectivity index is 1.45. The fourth-order valence-corrected chi connectivity index (χ4v) is 4.14. The van der Waals surface area contributed by atoms with Gasteiger partial charge in [-0.15, -0.1) is 10.2 Å². The lowest BCUT2D eigenvalue weighted by molar-refractivity contribution is -0.118. The van der Waals surface area contributed by atoms with E-state index in [1.165, 1.54) is 17.3 Å². The molecule has 0 radical (unpaired) electrons. The topological polar surface area (TPSA) is 72.2 Å². The van der Waals surface area contributed by atoms with Gasteiger partial charge in [0.2, 0.25) is 0 Å². The average molecular weight is 490 g/mol. The van der Waals surface area contributed by atoms with E-state index in [9.17, 15) is 4.79 Å². The van der Waals surface area contributed by atoms with Crippen molar-refractivity contribution < 1.29 is 4.79 Å². The van der Waals surface area contributed by atoms with Crippen molar-refractivity contribution in [2.45, 2.75) is 24.9 Å². The molecule has 6 nitrogen and oxygen atoms in total. The summed E-state index contributed by atoms with van der Waals surface area (Å²) in [5.41, 5.74) is 6.55. The number of nitrogens with zero attached hydrogens (tertiary/aromatic N) is 4. The number of carbonyl (C=O) groups is 1. The van der Waals surface area contributed by atoms with E-state index in [0.717, 1.165) is 16.8 Å². The molecule has 4 rings (SSSR count). The van der Waals surface area contributed by atoms with Crippen LogP contribution < -0.4 is 5.43 Å². The summed E-state index contributed by atoms with van der Waals surface area (Å²) >= 11 is 7.34. The third-order valence-electron chi connectivity index (χ3n) is 5.09. The number of amides is 1. The molecule has 172 valence electrons. The maximum Gasteiger partial charge on any atom is 0.250 e. The van der Waals surface area contributed by atoms with Gasteiger partial charge < -0.3 is 0 Å². The molecule has 1 aromatic heterocycles. The van der Waals surface area contributed by atoms with E-state index < -0.39 is 0 Å². The standard InChI is InChI=1S/C26H24ClN5OS/c1-18(2)20-10-8-19(9-11-20)16-28-29-24(33)17-34-26-31-30-25(21-12-14-22(27)15-13-21)32(26)23-6-4-3-5-7-23/h3-16,18H,17H2,1-2H3,(H,29,33). The highest BCUT2D eigenvalue weighted by Gasteiger charge is 2.17. The minimum Gasteiger partial charge on any atom is -0.272 e. The largest absolute Gasteiger partial charge is 0.272 e. The number of thioether (sulfide) groups is 1. The van der Waals surface area contributed by atoms with Gasteiger partial charge in [0.25, 0.3) is 5.91 Å². The summed E-state index contributed by atoms with van der Waals surface area (Å²) in [5.74, 6) is 1.07. The third kappa shape index (κ3) is 5.92. The first-order chi connectivity index (χ1) is 16.5. The van der Waals surface area contributed by atoms with Crippen molar-refractivity contribution in [3.05, 3.63) is 95.0 Å². The van der Waals surface area contributed by atoms with Crippen LogP contribution in [0.2, 0.25) is 5.02 Å². The van der Waals surface area contributed by atoms with Crippen LogP contribution in [0.4, 0.5) is 0 Å². The van der Waals surface area contributed by atoms with Crippen LogP contribution >= 0.6 is 23.4 Å². The van der Waals surface area contributed by atoms with Crippen molar-refractivity contribution in [3.8, 4) is 17.1 Å². The summed E-state index contributed by atoms with van der Waals surface area (Å²) < 4.78 is 1.93. The zero-order chi connectivity index (χ0) is 23.9. The van der Waals surface area contributed by atoms with Gasteiger partial charge in [0.1, 0.15) is 0 Å². The lowest BCUT2D eigenvalue weighted by Gasteiger charge is -2.10. The highest BCUT2D eigenvalue weighted by molar-refractivity contribution is 7.99. The smallest absolute Gasteiger partial charge is 0.250 e. The fourth-order valence-electron chi connectivity index (χ4n) is 3.27. The van der Waals surface area contributed by atoms with Gasteiger partial charge >= 0.3 is 0 Å². The molecule has 0 saturated carbocycles. The minimum atomic E-state index is -0.226. The lowest BCUT2D eigenvalue weighted by atomic mass is 10.0. The molecule has 1 heterocycles. The molecular weight excluding hydrogens is 466 g/mol. The number of aromatic nitrogens is 3. The first-order valence-corrected chi connectivity index (χ1v) is 12.2. The molecule has 34 heavy (non-hydrogen) atoms. The molecule has 0 aliphatic rings. The molecule has 8 heteroatoms. The molecule has 0 fully saturated rings. The van der Waals surface area contributed by atoms with E-state index in [-0.39, 0.29) is 11.7 Å². The Morgan fingerprint density at radius 2 is 1.74 bits per heavy atom. The van der Waals surface area contributed by atoms with Crippen LogP contribution in [0.3, 0.4) is 0 Å². The molecule has 0 atom stereocenters. The van der Waals surface area contributed by atoms with Gasteiger partial charge in [-0.1, -0.05) is 79.7 Å². The molecule has 0 aliphatic heterocycles. The van der Waals surface area contributed by atoms with Crippen LogP contribution in [0.5, 0.6) is 0 Å². The number of hydrazone groups is 1. The van der Waals surface area contributed by atoms with Crippen LogP contribution in [-0.4, -0.2) is 32.6 Å². The van der Waals surface area contributed by atoms with Crippen LogP contribution in [-0.2, 0) is 4.79 Å². The van der Waals surface area contributed by atoms with Crippen molar-refractivity contribution in [2.75, 3.05) is 5.75 Å². The molecule has 3 aromatic carbocycles. The molecule has 4 aromatic rings. The highest BCUT2D eigenvalue weighted by atomic mass is 35.5. The lowest BCUT2D eigenvalue weighted by Crippen LogP contribution is -2.20. The molecule has 1 N–H and O–H groups in total. The number of rotatable bonds is 8. The summed E-state index contributed by atoms with van der Waals surface area (Å²) in [6, 6.07) is 25.3. The Labute approximate surface area is 208 Å². The maximum absolute atomic E-state index is 12.4. The summed E-state index contributed by atoms with van der Waals surface area (Å²) in [6.07, 6.45) is 1.64. The molecule has 0 aliphatic carbocycles. The number of hydrogen-bond donors (Lipinski definition) is 1. The first-order valence-electron chi connectivity index (χ1n) is 10.8. The zero-order valence-corrected chi connectivity index (χ0v) is 20.4. The zero-order valence-electron chi connectivity index (χ0n) is 18.9. The Morgan fingerprint density at radius 1 is 1.03 bits per heavy atom. The summed E-state index contributed by atoms with van der Waals surface area (Å²) in [7, 11) is 0. The van der Waals surface area contributed by atoms with Crippen molar-refractivity contribution in [2.24, 2.45) is 5.10 Å². The Morgan fingerprint density at radius 3 is 2.41 bits per heavy atom. The quantitative estimate of drug-likeness (QED) is 0.188. The van der Waals surface area contributed by atoms with E-state index in [1.807, 2.05) is 71.3 Å². The van der Waals surface area contributed by atoms with E-state index in [2.05, 4.69) is 46.7 Å². The second-order valence-electron chi connectivity index (χ2n) is 7.89. The van der Waals surface area contributed by atoms with Gasteiger partial charge in [-0.05, 0) is 53.4 Å². The monoisotopic (exact) mass is 489 g/mol. The van der Waals surface area contributed by atoms with Crippen molar-refractivity contribution >= 4 is 35.5 Å². The van der Waals surface area contributed by atoms with E-state index in [4.69, 9.17) is 11.6 Å². The van der Waals surface area contributed by atoms with Crippen LogP contribution in [0.25, 0.3) is 17.1 Å². The Hall–Kier alpha value is -3.42. The number of carbonyl (C=O) groups excluding carboxylic acids is 1. The van der Waals surface area contributed by atoms with Crippen LogP contribution in [0.15, 0.2) is 89.1 Å². The summed E-state index contributed by atoms with van der Waals surface area (Å²) in [6.45, 7) is 4.30. The molecular formula is C26H24ClN5OS. The Bertz CT molecular complexity index is 1270. The van der Waals surface area contributed by atoms with E-state index in [1.54, 1.807) is 6.21 Å². The van der Waals surface area contributed by atoms with Crippen LogP contribution in [0.1, 0.15) is 30.9 Å². The Kier molecular flexibility index (Phi) is 7.77. The van der Waals surface area contributed by atoms with Gasteiger partial charge in [0.05, 0.1) is 12.0 Å². The second-order valence-corrected chi connectivity index (χ2v) is 9.27. The number of nitrogens with one attached hydrogen (secondary N) is 1. The van der Waals surface area contributed by atoms with Crippen molar-refractivity contribution in [1.29, 1.82) is 0 Å². The molecule has 1 amide bonds. The van der Waals surface area contributed by atoms with Crippen molar-refractivity contribution in [1.82, 2.24) is 20.2 Å². The van der Waals surface area contributed by atoms with Gasteiger partial charge in [-0.2, -0.15) is 5.10 Å². The highest BCUT2D eigenvalue weighted by Crippen LogP contribution is 2.28. The summed E-state index contributed by atoms with van der Waals surface area (Å²) in [5, 5.41) is 14.1. The van der Waals surface area contributed by atoms with Crippen LogP contribution in [0, 0.1) is 0 Å². The SMILES string of the molecule is CC(C)c1ccc(C=NNC(=O)CSc2nnc(-c3ccc(Cl)cc3)n2-c2ccccc2)cc1. The van der Waals surface area contributed by atoms with Gasteiger partial charge in [0.15, 0.2) is 11.0 Å². The van der Waals surface area contributed by atoms with Gasteiger partial charge in [0, 0.05) is 16.3 Å². The molecule has 0 bridgehead atoms. The predicted octanol–water partition coefficient (Wildman–Crippen LogP) is 5.95. The number of halogens is 1. The average Bonchev–Trinajstić information content (AvgIpc) is 3.28. The molecule has 0 unspecified atom stereocenters. The predicted molar refractivity (Wildman–Crippen MR) is 139 cm³/mol. The fraction of sp³-hybridized carbons (Fsp3) is 0.154. The van der Waals surface area contributed by atoms with Crippen molar-refractivity contribution in [3.63, 3.8) is 0 Å². The molecule has 0 spiro atoms. The third-order valence-corrected chi connectivity index (χ3v) is 6.27. The molecule has 0 saturated heterocycles. The summed E-state index contributed by atoms with van der Waals surface area (Å²) in [4.78, 5) is 12.4. The van der Waals surface area contributed by atoms with Gasteiger partial charge in [-0.3, -0.25) is 9.36 Å². The van der Waals surface area contributed by atoms with E-state index in [0.29, 0.717) is 21.9 Å². The number of benzene rings is 3. The first kappa shape index (κ1) is 23.7. The maximum atomic E-state index is 12.4. The van der Waals surface area contributed by atoms with E-state index >= 15 is 0 Å². The second kappa shape index (κ2) is 11.1. The van der Waals surface area contributed by atoms with Gasteiger partial charge in [-0.25, -0.2) is 5.43 Å².